The molecule has 4 nitrogen and oxygen atoms in total. The summed E-state index contributed by atoms with van der Waals surface area (Å²) in [6.07, 6.45) is 6.11. The van der Waals surface area contributed by atoms with Gasteiger partial charge < -0.3 is 15.8 Å². The van der Waals surface area contributed by atoms with Gasteiger partial charge in [0.15, 0.2) is 0 Å². The van der Waals surface area contributed by atoms with Crippen LogP contribution in [0.3, 0.4) is 0 Å². The monoisotopic (exact) mass is 214 g/mol. The van der Waals surface area contributed by atoms with E-state index in [0.717, 1.165) is 19.3 Å². The maximum absolute atomic E-state index is 10.9. The average molecular weight is 214 g/mol. The Hall–Kier alpha value is -0.610. The van der Waals surface area contributed by atoms with Gasteiger partial charge in [0.25, 0.3) is 0 Å². The van der Waals surface area contributed by atoms with Crippen molar-refractivity contribution >= 4 is 5.91 Å². The zero-order chi connectivity index (χ0) is 11.1. The third-order valence-corrected chi connectivity index (χ3v) is 2.91. The lowest BCUT2D eigenvalue weighted by atomic mass is 9.93. The first-order chi connectivity index (χ1) is 7.24. The van der Waals surface area contributed by atoms with Crippen molar-refractivity contribution in [2.45, 2.75) is 50.7 Å². The summed E-state index contributed by atoms with van der Waals surface area (Å²) in [5.41, 5.74) is 5.94. The largest absolute Gasteiger partial charge is 0.377 e. The van der Waals surface area contributed by atoms with Crippen molar-refractivity contribution in [3.63, 3.8) is 0 Å². The van der Waals surface area contributed by atoms with E-state index < -0.39 is 0 Å². The quantitative estimate of drug-likeness (QED) is 0.665. The van der Waals surface area contributed by atoms with Crippen LogP contribution in [0, 0.1) is 0 Å². The zero-order valence-corrected chi connectivity index (χ0v) is 9.50. The number of carbonyl (C=O) groups is 1. The van der Waals surface area contributed by atoms with Crippen molar-refractivity contribution < 1.29 is 9.53 Å². The molecule has 1 saturated carbocycles. The SMILES string of the molecule is CNC(=O)CCCOC1CCCCC1N. The predicted octanol–water partition coefficient (Wildman–Crippen LogP) is 0.799. The van der Waals surface area contributed by atoms with Crippen molar-refractivity contribution in [1.82, 2.24) is 5.32 Å². The number of ether oxygens (including phenoxy) is 1. The topological polar surface area (TPSA) is 64.3 Å². The van der Waals surface area contributed by atoms with E-state index in [9.17, 15) is 4.79 Å². The molecule has 3 N–H and O–H groups in total. The van der Waals surface area contributed by atoms with E-state index in [2.05, 4.69) is 5.32 Å². The molecule has 2 atom stereocenters. The summed E-state index contributed by atoms with van der Waals surface area (Å²) < 4.78 is 5.69. The Bertz CT molecular complexity index is 197. The lowest BCUT2D eigenvalue weighted by molar-refractivity contribution is -0.121. The van der Waals surface area contributed by atoms with Crippen LogP contribution in [0.5, 0.6) is 0 Å². The summed E-state index contributed by atoms with van der Waals surface area (Å²) in [5, 5.41) is 2.59. The molecule has 0 aromatic rings. The van der Waals surface area contributed by atoms with Gasteiger partial charge in [-0.15, -0.1) is 0 Å². The van der Waals surface area contributed by atoms with Crippen LogP contribution in [0.25, 0.3) is 0 Å². The number of rotatable bonds is 5. The molecule has 1 aliphatic carbocycles. The van der Waals surface area contributed by atoms with Crippen LogP contribution in [-0.4, -0.2) is 31.7 Å². The highest BCUT2D eigenvalue weighted by Crippen LogP contribution is 2.19. The van der Waals surface area contributed by atoms with Gasteiger partial charge in [0.2, 0.25) is 5.91 Å². The first kappa shape index (κ1) is 12.5. The van der Waals surface area contributed by atoms with Crippen LogP contribution >= 0.6 is 0 Å². The van der Waals surface area contributed by atoms with E-state index in [0.29, 0.717) is 13.0 Å². The normalized spacial score (nSPS) is 26.3. The molecule has 1 rings (SSSR count). The third-order valence-electron chi connectivity index (χ3n) is 2.91. The van der Waals surface area contributed by atoms with Crippen molar-refractivity contribution in [3.8, 4) is 0 Å². The predicted molar refractivity (Wildman–Crippen MR) is 59.5 cm³/mol. The third kappa shape index (κ3) is 4.62. The smallest absolute Gasteiger partial charge is 0.219 e. The Morgan fingerprint density at radius 1 is 1.47 bits per heavy atom. The second-order valence-electron chi connectivity index (χ2n) is 4.13. The average Bonchev–Trinajstić information content (AvgIpc) is 2.26. The van der Waals surface area contributed by atoms with Crippen LogP contribution < -0.4 is 11.1 Å². The van der Waals surface area contributed by atoms with Crippen molar-refractivity contribution in [2.75, 3.05) is 13.7 Å². The molecule has 1 amide bonds. The first-order valence-corrected chi connectivity index (χ1v) is 5.82. The number of carbonyl (C=O) groups excluding carboxylic acids is 1. The van der Waals surface area contributed by atoms with E-state index in [1.165, 1.54) is 12.8 Å². The maximum atomic E-state index is 10.9. The van der Waals surface area contributed by atoms with Gasteiger partial charge in [-0.2, -0.15) is 0 Å². The summed E-state index contributed by atoms with van der Waals surface area (Å²) >= 11 is 0. The van der Waals surface area contributed by atoms with Crippen LogP contribution in [-0.2, 0) is 9.53 Å². The Kier molecular flexibility index (Phi) is 5.65. The van der Waals surface area contributed by atoms with Gasteiger partial charge in [0, 0.05) is 26.1 Å². The number of hydrogen-bond donors (Lipinski definition) is 2. The minimum absolute atomic E-state index is 0.0755. The van der Waals surface area contributed by atoms with Crippen LogP contribution in [0.4, 0.5) is 0 Å². The van der Waals surface area contributed by atoms with Crippen molar-refractivity contribution in [1.29, 1.82) is 0 Å². The molecule has 4 heteroatoms. The van der Waals surface area contributed by atoms with Gasteiger partial charge >= 0.3 is 0 Å². The van der Waals surface area contributed by atoms with E-state index >= 15 is 0 Å². The van der Waals surface area contributed by atoms with Gasteiger partial charge in [-0.05, 0) is 19.3 Å². The standard InChI is InChI=1S/C11H22N2O2/c1-13-11(14)7-4-8-15-10-6-3-2-5-9(10)12/h9-10H,2-8,12H2,1H3,(H,13,14). The number of amides is 1. The van der Waals surface area contributed by atoms with Gasteiger partial charge in [-0.1, -0.05) is 12.8 Å². The molecule has 0 bridgehead atoms. The lowest BCUT2D eigenvalue weighted by Crippen LogP contribution is -2.39. The second kappa shape index (κ2) is 6.80. The maximum Gasteiger partial charge on any atom is 0.219 e. The fourth-order valence-corrected chi connectivity index (χ4v) is 1.92. The molecule has 88 valence electrons. The second-order valence-corrected chi connectivity index (χ2v) is 4.13. The van der Waals surface area contributed by atoms with Crippen LogP contribution in [0.15, 0.2) is 0 Å². The number of hydrogen-bond acceptors (Lipinski definition) is 3. The van der Waals surface area contributed by atoms with Gasteiger partial charge in [0.05, 0.1) is 6.10 Å². The molecule has 2 unspecified atom stereocenters. The summed E-state index contributed by atoms with van der Waals surface area (Å²) in [5.74, 6) is 0.0755. The van der Waals surface area contributed by atoms with E-state index in [1.54, 1.807) is 7.05 Å². The van der Waals surface area contributed by atoms with Crippen molar-refractivity contribution in [3.05, 3.63) is 0 Å². The molecule has 15 heavy (non-hydrogen) atoms. The Morgan fingerprint density at radius 2 is 2.20 bits per heavy atom. The van der Waals surface area contributed by atoms with Crippen molar-refractivity contribution in [2.24, 2.45) is 5.73 Å². The van der Waals surface area contributed by atoms with Gasteiger partial charge in [-0.25, -0.2) is 0 Å². The first-order valence-electron chi connectivity index (χ1n) is 5.82. The molecule has 0 aliphatic heterocycles. The summed E-state index contributed by atoms with van der Waals surface area (Å²) in [7, 11) is 1.65. The molecule has 0 aromatic heterocycles. The lowest BCUT2D eigenvalue weighted by Gasteiger charge is -2.28. The molecular weight excluding hydrogens is 192 g/mol. The molecule has 0 spiro atoms. The Labute approximate surface area is 91.5 Å². The molecule has 0 radical (unpaired) electrons. The van der Waals surface area contributed by atoms with Gasteiger partial charge in [0.1, 0.15) is 0 Å². The molecule has 1 fully saturated rings. The van der Waals surface area contributed by atoms with Crippen LogP contribution in [0.2, 0.25) is 0 Å². The van der Waals surface area contributed by atoms with E-state index in [-0.39, 0.29) is 18.1 Å². The summed E-state index contributed by atoms with van der Waals surface area (Å²) in [6.45, 7) is 0.645. The minimum atomic E-state index is 0.0755. The van der Waals surface area contributed by atoms with Gasteiger partial charge in [-0.3, -0.25) is 4.79 Å². The highest BCUT2D eigenvalue weighted by Gasteiger charge is 2.21. The Morgan fingerprint density at radius 3 is 2.87 bits per heavy atom. The number of nitrogens with one attached hydrogen (secondary N) is 1. The van der Waals surface area contributed by atoms with Crippen LogP contribution in [0.1, 0.15) is 38.5 Å². The molecule has 0 heterocycles. The minimum Gasteiger partial charge on any atom is -0.377 e. The summed E-state index contributed by atoms with van der Waals surface area (Å²) in [6, 6.07) is 0.193. The van der Waals surface area contributed by atoms with E-state index in [4.69, 9.17) is 10.5 Å². The molecule has 0 saturated heterocycles. The van der Waals surface area contributed by atoms with E-state index in [1.807, 2.05) is 0 Å². The fourth-order valence-electron chi connectivity index (χ4n) is 1.92. The fraction of sp³-hybridized carbons (Fsp3) is 0.909. The molecular formula is C11H22N2O2. The zero-order valence-electron chi connectivity index (χ0n) is 9.50. The Balaban J connectivity index is 2.06. The molecule has 1 aliphatic rings. The summed E-state index contributed by atoms with van der Waals surface area (Å²) in [4.78, 5) is 10.9. The highest BCUT2D eigenvalue weighted by atomic mass is 16.5. The molecule has 0 aromatic carbocycles. The highest BCUT2D eigenvalue weighted by molar-refractivity contribution is 5.75. The number of nitrogens with two attached hydrogens (primary N) is 1.